The van der Waals surface area contributed by atoms with E-state index in [-0.39, 0.29) is 115 Å². The molecule has 0 saturated carbocycles. The van der Waals surface area contributed by atoms with E-state index in [1.165, 1.54) is 11.1 Å². The molecule has 33 nitrogen and oxygen atoms in total. The van der Waals surface area contributed by atoms with Crippen molar-refractivity contribution in [2.24, 2.45) is 0 Å². The number of rotatable bonds is 49. The van der Waals surface area contributed by atoms with E-state index in [1.807, 2.05) is 24.3 Å². The van der Waals surface area contributed by atoms with Crippen molar-refractivity contribution in [3.8, 4) is 11.8 Å². The van der Waals surface area contributed by atoms with E-state index >= 15 is 0 Å². The fourth-order valence-corrected chi connectivity index (χ4v) is 10.8. The van der Waals surface area contributed by atoms with Gasteiger partial charge in [0.25, 0.3) is 5.91 Å². The Morgan fingerprint density at radius 1 is 0.699 bits per heavy atom. The van der Waals surface area contributed by atoms with E-state index in [1.54, 1.807) is 60.8 Å². The number of nitrogens with one attached hydrogen (secondary N) is 7. The van der Waals surface area contributed by atoms with Gasteiger partial charge in [-0.3, -0.25) is 38.5 Å². The van der Waals surface area contributed by atoms with E-state index in [9.17, 15) is 68.2 Å². The van der Waals surface area contributed by atoms with Crippen LogP contribution in [0.2, 0.25) is 0 Å². The lowest BCUT2D eigenvalue weighted by atomic mass is 10.1. The number of nitriles is 1. The minimum absolute atomic E-state index is 0.0407. The third-order valence-corrected chi connectivity index (χ3v) is 16.4. The van der Waals surface area contributed by atoms with Crippen molar-refractivity contribution in [3.63, 3.8) is 0 Å². The molecule has 1 aliphatic heterocycles. The summed E-state index contributed by atoms with van der Waals surface area (Å²) in [5, 5.41) is 64.5. The Kier molecular flexibility index (Phi) is 37.6. The number of aliphatic carboxylic acids is 3. The van der Waals surface area contributed by atoms with E-state index in [0.717, 1.165) is 16.5 Å². The average Bonchev–Trinajstić information content (AvgIpc) is 1.29. The number of hydrogen-bond acceptors (Lipinski definition) is 20. The number of urea groups is 1. The van der Waals surface area contributed by atoms with Gasteiger partial charge >= 0.3 is 30.0 Å². The molecule has 4 aromatic rings. The first-order valence-electron chi connectivity index (χ1n) is 34.6. The minimum Gasteiger partial charge on any atom is -0.494 e. The summed E-state index contributed by atoms with van der Waals surface area (Å²) in [6, 6.07) is 10.8. The van der Waals surface area contributed by atoms with Crippen molar-refractivity contribution in [3.05, 3.63) is 82.2 Å². The maximum Gasteiger partial charge on any atom is 0.407 e. The Bertz CT molecular complexity index is 3460. The topological polar surface area (TPSA) is 453 Å². The molecule has 0 bridgehead atoms. The zero-order valence-corrected chi connectivity index (χ0v) is 60.2. The molecular weight excluding hydrogens is 1410 g/mol. The van der Waals surface area contributed by atoms with Crippen LogP contribution in [0.1, 0.15) is 145 Å². The van der Waals surface area contributed by atoms with Crippen molar-refractivity contribution in [2.45, 2.75) is 173 Å². The lowest BCUT2D eigenvalue weighted by Gasteiger charge is -2.24. The first-order chi connectivity index (χ1) is 49.4. The van der Waals surface area contributed by atoms with E-state index in [4.69, 9.17) is 28.8 Å². The molecule has 4 atom stereocenters. The third kappa shape index (κ3) is 33.8. The summed E-state index contributed by atoms with van der Waals surface area (Å²) in [4.78, 5) is 146. The van der Waals surface area contributed by atoms with Crippen molar-refractivity contribution in [2.75, 3.05) is 85.5 Å². The fraction of sp³-hybridized carbons (Fsp3) is 0.580. The van der Waals surface area contributed by atoms with Crippen LogP contribution in [0.15, 0.2) is 65.4 Å². The van der Waals surface area contributed by atoms with Crippen molar-refractivity contribution >= 4 is 92.3 Å². The maximum atomic E-state index is 13.7. The van der Waals surface area contributed by atoms with Gasteiger partial charge in [-0.1, -0.05) is 33.3 Å². The van der Waals surface area contributed by atoms with Crippen molar-refractivity contribution in [1.82, 2.24) is 67.0 Å². The summed E-state index contributed by atoms with van der Waals surface area (Å²) in [5.41, 5.74) is 1.70. The molecule has 34 heteroatoms. The molecule has 2 aromatic carbocycles. The van der Waals surface area contributed by atoms with E-state index in [0.29, 0.717) is 119 Å². The lowest BCUT2D eigenvalue weighted by molar-refractivity contribution is -0.141. The summed E-state index contributed by atoms with van der Waals surface area (Å²) >= 11 is 3.42. The summed E-state index contributed by atoms with van der Waals surface area (Å²) < 4.78 is 30.6. The van der Waals surface area contributed by atoms with Crippen LogP contribution in [0.3, 0.4) is 0 Å². The molecule has 0 radical (unpaired) electrons. The molecule has 0 aliphatic carbocycles. The fourth-order valence-electron chi connectivity index (χ4n) is 10.5. The van der Waals surface area contributed by atoms with Crippen LogP contribution >= 0.6 is 15.9 Å². The number of fused-ring (bicyclic) bond motifs is 1. The smallest absolute Gasteiger partial charge is 0.407 e. The molecule has 564 valence electrons. The number of aromatic nitrogens is 4. The van der Waals surface area contributed by atoms with Crippen LogP contribution in [-0.2, 0) is 76.8 Å². The predicted octanol–water partition coefficient (Wildman–Crippen LogP) is 4.53. The van der Waals surface area contributed by atoms with E-state index < -0.39 is 90.4 Å². The number of carboxylic acids is 3. The SMILES string of the molecule is CC(C)(C)OC(=O)NCCCC[C@H](NC(=O)CCOCCOCCOCCn1cc(CCC(=O)NCCCOc2ccc3nccc(C(=O)NCC(=O)N4CCC[C@H]4C#N)c3c2)nn1)C(=O)NCCCCC(=O)N(CCCC[C@H](NC(=O)N[C@@H](CCC(=O)O)C(=O)O)C(=O)O)Cc1ccc(Br)cc1. The molecule has 103 heavy (non-hydrogen) atoms. The second-order valence-corrected chi connectivity index (χ2v) is 26.2. The second kappa shape index (κ2) is 46.1. The lowest BCUT2D eigenvalue weighted by Crippen LogP contribution is -2.51. The molecule has 10 N–H and O–H groups in total. The van der Waals surface area contributed by atoms with Gasteiger partial charge in [-0.2, -0.15) is 5.26 Å². The van der Waals surface area contributed by atoms with Gasteiger partial charge in [0, 0.05) is 93.6 Å². The quantitative estimate of drug-likeness (QED) is 0.0272. The minimum atomic E-state index is -1.55. The molecular formula is C69H97BrN14O19. The van der Waals surface area contributed by atoms with Gasteiger partial charge in [-0.25, -0.2) is 23.9 Å². The summed E-state index contributed by atoms with van der Waals surface area (Å²) in [5.74, 6) is -5.56. The summed E-state index contributed by atoms with van der Waals surface area (Å²) in [7, 11) is 0. The number of nitrogens with zero attached hydrogens (tertiary/aromatic N) is 7. The van der Waals surface area contributed by atoms with Crippen LogP contribution in [0, 0.1) is 11.3 Å². The largest absolute Gasteiger partial charge is 0.494 e. The maximum absolute atomic E-state index is 13.7. The van der Waals surface area contributed by atoms with Crippen LogP contribution in [0.4, 0.5) is 9.59 Å². The van der Waals surface area contributed by atoms with Crippen LogP contribution in [0.25, 0.3) is 10.9 Å². The number of carbonyl (C=O) groups excluding carboxylic acids is 8. The zero-order valence-electron chi connectivity index (χ0n) is 58.6. The number of hydrogen-bond donors (Lipinski definition) is 10. The van der Waals surface area contributed by atoms with Gasteiger partial charge in [0.05, 0.1) is 82.2 Å². The molecule has 2 aromatic heterocycles. The van der Waals surface area contributed by atoms with Gasteiger partial charge in [0.1, 0.15) is 35.5 Å². The number of likely N-dealkylation sites (tertiary alicyclic amines) is 1. The normalized spacial score (nSPS) is 13.5. The van der Waals surface area contributed by atoms with Crippen LogP contribution in [-0.4, -0.2) is 226 Å². The number of alkyl carbamates (subject to hydrolysis) is 1. The van der Waals surface area contributed by atoms with Gasteiger partial charge in [0.2, 0.25) is 29.5 Å². The average molecular weight is 1510 g/mol. The number of carbonyl (C=O) groups is 11. The Hall–Kier alpha value is -9.59. The highest BCUT2D eigenvalue weighted by Gasteiger charge is 2.30. The monoisotopic (exact) mass is 1500 g/mol. The van der Waals surface area contributed by atoms with E-state index in [2.05, 4.69) is 74.5 Å². The van der Waals surface area contributed by atoms with Crippen LogP contribution in [0.5, 0.6) is 5.75 Å². The Morgan fingerprint density at radius 3 is 2.08 bits per heavy atom. The highest BCUT2D eigenvalue weighted by atomic mass is 79.9. The second-order valence-electron chi connectivity index (χ2n) is 25.3. The molecule has 5 rings (SSSR count). The molecule has 1 aliphatic rings. The zero-order chi connectivity index (χ0) is 74.9. The molecule has 9 amide bonds. The van der Waals surface area contributed by atoms with Gasteiger partial charge in [-0.05, 0) is 140 Å². The Balaban J connectivity index is 0.936. The molecule has 1 fully saturated rings. The van der Waals surface area contributed by atoms with Gasteiger partial charge in [0.15, 0.2) is 0 Å². The summed E-state index contributed by atoms with van der Waals surface area (Å²) in [6.45, 7) is 8.95. The number of aryl methyl sites for hydroxylation is 1. The number of ether oxygens (including phenoxy) is 5. The number of carboxylic acid groups (broad SMARTS) is 3. The molecule has 0 unspecified atom stereocenters. The predicted molar refractivity (Wildman–Crippen MR) is 375 cm³/mol. The number of halogens is 1. The third-order valence-electron chi connectivity index (χ3n) is 15.9. The molecule has 1 saturated heterocycles. The number of amides is 9. The molecule has 0 spiro atoms. The van der Waals surface area contributed by atoms with Gasteiger partial charge < -0.3 is 86.0 Å². The molecule has 3 heterocycles. The highest BCUT2D eigenvalue weighted by Crippen LogP contribution is 2.24. The number of pyridine rings is 1. The number of benzene rings is 2. The standard InChI is InChI=1S/C69H97BrN14O19/c1-69(2,3)103-68(98)75-29-7-4-13-55(64(92)74-28-8-5-15-60(87)82(45-47-16-18-48(70)19-17-47)32-9-6-14-56(65(93)94)78-67(97)79-57(66(95)96)23-25-62(89)90)77-59(86)27-36-99-38-40-101-41-39-100-37-34-83-46-49(80-81-83)20-24-58(85)73-30-11-35-102-51-21-22-54-53(42-51)52(26-31-72-54)63(91)76-44-61(88)84-33-10-12-50(84)43-71/h16-19,21-22,26,31,42,46,50,55-57H,4-15,20,23-25,27-30,32-41,44-45H2,1-3H3,(H,73,85)(H,74,92)(H,75,98)(H,76,91)(H,77,86)(H,89,90)(H,93,94)(H,95,96)(H2,78,79,97)/t50-,55-,56-,57-/m0/s1. The Labute approximate surface area is 606 Å². The van der Waals surface area contributed by atoms with Crippen molar-refractivity contribution < 1.29 is 91.7 Å². The van der Waals surface area contributed by atoms with Crippen molar-refractivity contribution in [1.29, 1.82) is 5.26 Å². The number of unbranched alkanes of at least 4 members (excludes halogenated alkanes) is 3. The first-order valence-corrected chi connectivity index (χ1v) is 35.4. The van der Waals surface area contributed by atoms with Crippen LogP contribution < -0.4 is 42.0 Å². The Morgan fingerprint density at radius 2 is 1.37 bits per heavy atom. The summed E-state index contributed by atoms with van der Waals surface area (Å²) in [6.07, 6.45) is 6.87. The van der Waals surface area contributed by atoms with Gasteiger partial charge in [-0.15, -0.1) is 5.10 Å². The first kappa shape index (κ1) is 84.1. The highest BCUT2D eigenvalue weighted by molar-refractivity contribution is 9.10.